The molecule has 0 aliphatic rings. The first-order valence-corrected chi connectivity index (χ1v) is 9.97. The average Bonchev–Trinajstić information content (AvgIpc) is 2.65. The average molecular weight is 363 g/mol. The smallest absolute Gasteiger partial charge is 0.306 e. The van der Waals surface area contributed by atoms with Crippen molar-refractivity contribution < 1.29 is 9.53 Å². The third kappa shape index (κ3) is 9.97. The van der Waals surface area contributed by atoms with Crippen LogP contribution in [0.3, 0.4) is 0 Å². The van der Waals surface area contributed by atoms with Crippen LogP contribution >= 0.6 is 11.8 Å². The Labute approximate surface area is 155 Å². The second-order valence-corrected chi connectivity index (χ2v) is 7.03. The number of rotatable bonds is 12. The molecule has 0 spiro atoms. The van der Waals surface area contributed by atoms with Gasteiger partial charge in [-0.25, -0.2) is 0 Å². The van der Waals surface area contributed by atoms with E-state index in [4.69, 9.17) is 10.5 Å². The number of para-hydroxylation sites is 1. The van der Waals surface area contributed by atoms with E-state index in [1.165, 1.54) is 30.8 Å². The number of hydrogen-bond donors (Lipinski definition) is 1. The highest BCUT2D eigenvalue weighted by atomic mass is 32.2. The normalized spacial score (nSPS) is 13.1. The van der Waals surface area contributed by atoms with Gasteiger partial charge in [-0.1, -0.05) is 51.3 Å². The molecule has 0 aliphatic heterocycles. The van der Waals surface area contributed by atoms with Gasteiger partial charge in [0.25, 0.3) is 0 Å². The lowest BCUT2D eigenvalue weighted by Gasteiger charge is -2.14. The molecule has 1 atom stereocenters. The first-order chi connectivity index (χ1) is 12.2. The first kappa shape index (κ1) is 21.3. The summed E-state index contributed by atoms with van der Waals surface area (Å²) in [5.74, 6) is 0.974. The minimum atomic E-state index is -0.140. The van der Waals surface area contributed by atoms with Crippen molar-refractivity contribution in [2.45, 2.75) is 46.0 Å². The molecular weight excluding hydrogens is 332 g/mol. The van der Waals surface area contributed by atoms with Gasteiger partial charge in [-0.15, -0.1) is 11.8 Å². The molecule has 0 aromatic heterocycles. The van der Waals surface area contributed by atoms with Gasteiger partial charge in [-0.2, -0.15) is 0 Å². The topological polar surface area (TPSA) is 64.7 Å². The molecule has 1 aromatic rings. The zero-order chi connectivity index (χ0) is 18.3. The number of esters is 1. The second kappa shape index (κ2) is 13.5. The fraction of sp³-hybridized carbons (Fsp3) is 0.500. The van der Waals surface area contributed by atoms with Crippen LogP contribution in [0, 0.1) is 5.92 Å². The van der Waals surface area contributed by atoms with Crippen LogP contribution in [-0.2, 0) is 9.53 Å². The van der Waals surface area contributed by atoms with Crippen molar-refractivity contribution in [1.82, 2.24) is 0 Å². The van der Waals surface area contributed by atoms with Crippen molar-refractivity contribution in [1.29, 1.82) is 0 Å². The summed E-state index contributed by atoms with van der Waals surface area (Å²) in [4.78, 5) is 17.1. The molecule has 0 saturated heterocycles. The summed E-state index contributed by atoms with van der Waals surface area (Å²) in [5, 5.41) is 0. The van der Waals surface area contributed by atoms with Crippen LogP contribution < -0.4 is 5.73 Å². The van der Waals surface area contributed by atoms with Crippen LogP contribution in [0.15, 0.2) is 46.4 Å². The number of benzene rings is 1. The third-order valence-electron chi connectivity index (χ3n) is 3.86. The number of unbranched alkanes of at least 4 members (excludes halogenated alkanes) is 1. The molecule has 0 amide bonds. The van der Waals surface area contributed by atoms with Gasteiger partial charge in [-0.3, -0.25) is 9.79 Å². The van der Waals surface area contributed by atoms with Crippen LogP contribution in [0.25, 0.3) is 0 Å². The number of ether oxygens (including phenoxy) is 1. The number of allylic oxidation sites excluding steroid dienone is 1. The Kier molecular flexibility index (Phi) is 11.5. The van der Waals surface area contributed by atoms with Crippen LogP contribution in [0.5, 0.6) is 0 Å². The van der Waals surface area contributed by atoms with E-state index < -0.39 is 0 Å². The van der Waals surface area contributed by atoms with Crippen molar-refractivity contribution in [2.75, 3.05) is 12.4 Å². The van der Waals surface area contributed by atoms with E-state index >= 15 is 0 Å². The van der Waals surface area contributed by atoms with Crippen LogP contribution in [0.4, 0.5) is 5.69 Å². The lowest BCUT2D eigenvalue weighted by Crippen LogP contribution is -2.14. The Morgan fingerprint density at radius 1 is 1.32 bits per heavy atom. The zero-order valence-electron chi connectivity index (χ0n) is 15.3. The molecule has 5 heteroatoms. The molecule has 1 rings (SSSR count). The van der Waals surface area contributed by atoms with Crippen molar-refractivity contribution in [3.05, 3.63) is 41.4 Å². The molecule has 0 bridgehead atoms. The molecule has 25 heavy (non-hydrogen) atoms. The Hall–Kier alpha value is -1.75. The number of nitrogens with two attached hydrogens (primary N) is 1. The molecule has 4 nitrogen and oxygen atoms in total. The fourth-order valence-corrected chi connectivity index (χ4v) is 2.94. The van der Waals surface area contributed by atoms with Gasteiger partial charge in [0.2, 0.25) is 0 Å². The minimum absolute atomic E-state index is 0.140. The molecule has 0 fully saturated rings. The van der Waals surface area contributed by atoms with Crippen LogP contribution in [0.2, 0.25) is 0 Å². The van der Waals surface area contributed by atoms with Crippen molar-refractivity contribution in [2.24, 2.45) is 16.6 Å². The quantitative estimate of drug-likeness (QED) is 0.416. The summed E-state index contributed by atoms with van der Waals surface area (Å²) >= 11 is 1.51. The van der Waals surface area contributed by atoms with E-state index in [0.717, 1.165) is 23.4 Å². The Bertz CT molecular complexity index is 544. The summed E-state index contributed by atoms with van der Waals surface area (Å²) in [6.45, 7) is 4.86. The fourth-order valence-electron chi connectivity index (χ4n) is 2.21. The summed E-state index contributed by atoms with van der Waals surface area (Å²) in [5.41, 5.74) is 6.50. The summed E-state index contributed by atoms with van der Waals surface area (Å²) in [6.07, 6.45) is 8.18. The van der Waals surface area contributed by atoms with Gasteiger partial charge in [0.1, 0.15) is 0 Å². The van der Waals surface area contributed by atoms with E-state index in [0.29, 0.717) is 24.7 Å². The highest BCUT2D eigenvalue weighted by Crippen LogP contribution is 2.17. The lowest BCUT2D eigenvalue weighted by atomic mass is 10.0. The summed E-state index contributed by atoms with van der Waals surface area (Å²) < 4.78 is 5.40. The van der Waals surface area contributed by atoms with E-state index in [9.17, 15) is 4.79 Å². The SMILES string of the molecule is CCCCC(CC)COC(=O)CCSC(C=Nc1ccccc1)=CN. The number of hydrogen-bond acceptors (Lipinski definition) is 5. The van der Waals surface area contributed by atoms with Crippen LogP contribution in [0.1, 0.15) is 46.0 Å². The highest BCUT2D eigenvalue weighted by molar-refractivity contribution is 8.03. The monoisotopic (exact) mass is 362 g/mol. The molecule has 0 radical (unpaired) electrons. The highest BCUT2D eigenvalue weighted by Gasteiger charge is 2.10. The van der Waals surface area contributed by atoms with Gasteiger partial charge in [-0.05, 0) is 24.5 Å². The Morgan fingerprint density at radius 2 is 2.08 bits per heavy atom. The van der Waals surface area contributed by atoms with E-state index in [-0.39, 0.29) is 5.97 Å². The molecule has 138 valence electrons. The predicted molar refractivity (Wildman–Crippen MR) is 108 cm³/mol. The molecule has 0 saturated carbocycles. The van der Waals surface area contributed by atoms with Gasteiger partial charge < -0.3 is 10.5 Å². The van der Waals surface area contributed by atoms with Gasteiger partial charge in [0.05, 0.1) is 18.7 Å². The maximum atomic E-state index is 11.9. The molecule has 1 unspecified atom stereocenters. The number of aliphatic imine (C=N–C) groups is 1. The standard InChI is InChI=1S/C20H30N2O2S/c1-3-5-9-17(4-2)16-24-20(23)12-13-25-19(14-21)15-22-18-10-7-6-8-11-18/h6-8,10-11,14-15,17H,3-5,9,12-13,16,21H2,1-2H3. The molecule has 1 aromatic carbocycles. The number of carbonyl (C=O) groups excluding carboxylic acids is 1. The first-order valence-electron chi connectivity index (χ1n) is 8.99. The van der Waals surface area contributed by atoms with Crippen molar-refractivity contribution in [3.8, 4) is 0 Å². The predicted octanol–water partition coefficient (Wildman–Crippen LogP) is 5.07. The van der Waals surface area contributed by atoms with Gasteiger partial charge in [0.15, 0.2) is 0 Å². The second-order valence-electron chi connectivity index (χ2n) is 5.86. The van der Waals surface area contributed by atoms with Gasteiger partial charge >= 0.3 is 5.97 Å². The Balaban J connectivity index is 2.27. The third-order valence-corrected chi connectivity index (χ3v) is 4.84. The minimum Gasteiger partial charge on any atom is -0.465 e. The van der Waals surface area contributed by atoms with E-state index in [1.54, 1.807) is 6.21 Å². The van der Waals surface area contributed by atoms with Crippen molar-refractivity contribution in [3.63, 3.8) is 0 Å². The maximum absolute atomic E-state index is 11.9. The lowest BCUT2D eigenvalue weighted by molar-refractivity contribution is -0.144. The molecule has 0 aliphatic carbocycles. The van der Waals surface area contributed by atoms with E-state index in [1.807, 2.05) is 30.3 Å². The zero-order valence-corrected chi connectivity index (χ0v) is 16.1. The summed E-state index contributed by atoms with van der Waals surface area (Å²) in [6, 6.07) is 9.67. The largest absolute Gasteiger partial charge is 0.465 e. The maximum Gasteiger partial charge on any atom is 0.306 e. The molecule has 2 N–H and O–H groups in total. The van der Waals surface area contributed by atoms with Gasteiger partial charge in [0, 0.05) is 23.1 Å². The van der Waals surface area contributed by atoms with E-state index in [2.05, 4.69) is 18.8 Å². The summed E-state index contributed by atoms with van der Waals surface area (Å²) in [7, 11) is 0. The number of nitrogens with zero attached hydrogens (tertiary/aromatic N) is 1. The van der Waals surface area contributed by atoms with Crippen molar-refractivity contribution >= 4 is 29.6 Å². The molecule has 0 heterocycles. The number of carbonyl (C=O) groups is 1. The number of thioether (sulfide) groups is 1. The Morgan fingerprint density at radius 3 is 2.72 bits per heavy atom. The molecular formula is C20H30N2O2S. The van der Waals surface area contributed by atoms with Crippen LogP contribution in [-0.4, -0.2) is 24.5 Å².